The minimum absolute atomic E-state index is 0.112. The highest BCUT2D eigenvalue weighted by Gasteiger charge is 2.67. The molecule has 1 saturated heterocycles. The van der Waals surface area contributed by atoms with E-state index >= 15 is 0 Å². The minimum Gasteiger partial charge on any atom is -0.463 e. The zero-order chi connectivity index (χ0) is 18.9. The van der Waals surface area contributed by atoms with E-state index < -0.39 is 0 Å². The zero-order valence-electron chi connectivity index (χ0n) is 17.3. The van der Waals surface area contributed by atoms with Crippen LogP contribution in [0.25, 0.3) is 0 Å². The molecule has 0 amide bonds. The summed E-state index contributed by atoms with van der Waals surface area (Å²) in [6.45, 7) is 8.13. The molecular formula is C23H36O4. The van der Waals surface area contributed by atoms with Gasteiger partial charge >= 0.3 is 5.97 Å². The van der Waals surface area contributed by atoms with E-state index in [1.807, 2.05) is 0 Å². The van der Waals surface area contributed by atoms with Gasteiger partial charge in [0.25, 0.3) is 0 Å². The largest absolute Gasteiger partial charge is 0.463 e. The average molecular weight is 377 g/mol. The third-order valence-corrected chi connectivity index (χ3v) is 9.75. The van der Waals surface area contributed by atoms with Crippen molar-refractivity contribution in [2.45, 2.75) is 90.4 Å². The lowest BCUT2D eigenvalue weighted by atomic mass is 9.45. The van der Waals surface area contributed by atoms with E-state index in [0.29, 0.717) is 5.41 Å². The molecule has 4 saturated carbocycles. The number of ether oxygens (including phenoxy) is 3. The standard InChI is InChI=1S/C23H36O4/c1-15(24)27-17-6-9-21(2)16(14-17)4-5-18-19(21)7-10-22(3)20(18)8-11-23(22)25-12-13-26-23/h16-20H,4-14H2,1-3H3/t16-,17-,18-,19-,20+,21-,22-/m0/s1. The first-order chi connectivity index (χ1) is 12.9. The van der Waals surface area contributed by atoms with Crippen molar-refractivity contribution in [1.29, 1.82) is 0 Å². The summed E-state index contributed by atoms with van der Waals surface area (Å²) in [7, 11) is 0. The lowest BCUT2D eigenvalue weighted by Crippen LogP contribution is -2.57. The molecule has 5 fully saturated rings. The highest BCUT2D eigenvalue weighted by atomic mass is 16.7. The second-order valence-electron chi connectivity index (χ2n) is 10.6. The van der Waals surface area contributed by atoms with Crippen molar-refractivity contribution in [3.8, 4) is 0 Å². The molecule has 5 aliphatic rings. The Labute approximate surface area is 163 Å². The van der Waals surface area contributed by atoms with Crippen LogP contribution in [0.1, 0.15) is 78.6 Å². The number of carbonyl (C=O) groups excluding carboxylic acids is 1. The molecule has 7 atom stereocenters. The van der Waals surface area contributed by atoms with Gasteiger partial charge in [0.15, 0.2) is 5.79 Å². The van der Waals surface area contributed by atoms with Gasteiger partial charge < -0.3 is 14.2 Å². The van der Waals surface area contributed by atoms with E-state index in [0.717, 1.165) is 56.1 Å². The van der Waals surface area contributed by atoms with Gasteiger partial charge in [-0.3, -0.25) is 4.79 Å². The first kappa shape index (κ1) is 18.4. The lowest BCUT2D eigenvalue weighted by Gasteiger charge is -2.61. The maximum Gasteiger partial charge on any atom is 0.302 e. The molecule has 4 heteroatoms. The van der Waals surface area contributed by atoms with Gasteiger partial charge in [-0.1, -0.05) is 13.8 Å². The van der Waals surface area contributed by atoms with E-state index in [2.05, 4.69) is 13.8 Å². The van der Waals surface area contributed by atoms with Gasteiger partial charge in [-0.25, -0.2) is 0 Å². The van der Waals surface area contributed by atoms with Crippen LogP contribution in [0.5, 0.6) is 0 Å². The van der Waals surface area contributed by atoms with Crippen LogP contribution in [0.4, 0.5) is 0 Å². The maximum absolute atomic E-state index is 11.4. The van der Waals surface area contributed by atoms with Gasteiger partial charge in [-0.2, -0.15) is 0 Å². The molecular weight excluding hydrogens is 340 g/mol. The van der Waals surface area contributed by atoms with Crippen molar-refractivity contribution >= 4 is 5.97 Å². The molecule has 0 N–H and O–H groups in total. The third-order valence-electron chi connectivity index (χ3n) is 9.75. The Hall–Kier alpha value is -0.610. The number of fused-ring (bicyclic) bond motifs is 6. The SMILES string of the molecule is CC(=O)O[C@H]1CC[C@@]2(C)[C@@H](CC[C@@H]3[C@H]4CCC5(OCCO5)[C@@]4(C)CC[C@@H]32)C1. The Morgan fingerprint density at radius 2 is 1.67 bits per heavy atom. The van der Waals surface area contributed by atoms with Crippen molar-refractivity contribution in [3.05, 3.63) is 0 Å². The first-order valence-corrected chi connectivity index (χ1v) is 11.3. The Balaban J connectivity index is 1.37. The van der Waals surface area contributed by atoms with Crippen molar-refractivity contribution in [2.75, 3.05) is 13.2 Å². The number of rotatable bonds is 1. The van der Waals surface area contributed by atoms with E-state index in [9.17, 15) is 4.79 Å². The molecule has 152 valence electrons. The molecule has 0 unspecified atom stereocenters. The van der Waals surface area contributed by atoms with Crippen molar-refractivity contribution < 1.29 is 19.0 Å². The van der Waals surface area contributed by atoms with Crippen LogP contribution in [0, 0.1) is 34.5 Å². The molecule has 0 aromatic rings. The van der Waals surface area contributed by atoms with Crippen LogP contribution in [0.3, 0.4) is 0 Å². The molecule has 0 radical (unpaired) electrons. The Kier molecular flexibility index (Phi) is 4.22. The van der Waals surface area contributed by atoms with Crippen LogP contribution < -0.4 is 0 Å². The molecule has 0 aromatic carbocycles. The summed E-state index contributed by atoms with van der Waals surface area (Å²) in [5, 5.41) is 0. The molecule has 1 aliphatic heterocycles. The van der Waals surface area contributed by atoms with E-state index in [1.165, 1.54) is 38.5 Å². The van der Waals surface area contributed by atoms with Crippen molar-refractivity contribution in [1.82, 2.24) is 0 Å². The molecule has 1 heterocycles. The third kappa shape index (κ3) is 2.51. The highest BCUT2D eigenvalue weighted by molar-refractivity contribution is 5.66. The van der Waals surface area contributed by atoms with Gasteiger partial charge in [0.05, 0.1) is 13.2 Å². The predicted molar refractivity (Wildman–Crippen MR) is 102 cm³/mol. The summed E-state index contributed by atoms with van der Waals surface area (Å²) in [4.78, 5) is 11.4. The fraction of sp³-hybridized carbons (Fsp3) is 0.957. The summed E-state index contributed by atoms with van der Waals surface area (Å²) in [6.07, 6.45) is 11.1. The average Bonchev–Trinajstić information content (AvgIpc) is 3.21. The minimum atomic E-state index is -0.284. The van der Waals surface area contributed by atoms with Gasteiger partial charge in [0.1, 0.15) is 6.10 Å². The molecule has 27 heavy (non-hydrogen) atoms. The van der Waals surface area contributed by atoms with Crippen LogP contribution in [-0.2, 0) is 19.0 Å². The van der Waals surface area contributed by atoms with Gasteiger partial charge in [0.2, 0.25) is 0 Å². The molecule has 0 bridgehead atoms. The topological polar surface area (TPSA) is 44.8 Å². The van der Waals surface area contributed by atoms with E-state index in [4.69, 9.17) is 14.2 Å². The van der Waals surface area contributed by atoms with Crippen molar-refractivity contribution in [2.24, 2.45) is 34.5 Å². The second-order valence-corrected chi connectivity index (χ2v) is 10.6. The Morgan fingerprint density at radius 1 is 0.926 bits per heavy atom. The van der Waals surface area contributed by atoms with Gasteiger partial charge in [-0.05, 0) is 80.5 Å². The van der Waals surface area contributed by atoms with Gasteiger partial charge in [0, 0.05) is 18.8 Å². The molecule has 5 rings (SSSR count). The zero-order valence-corrected chi connectivity index (χ0v) is 17.3. The van der Waals surface area contributed by atoms with E-state index in [1.54, 1.807) is 6.92 Å². The number of hydrogen-bond donors (Lipinski definition) is 0. The summed E-state index contributed by atoms with van der Waals surface area (Å²) in [6, 6.07) is 0. The summed E-state index contributed by atoms with van der Waals surface area (Å²) >= 11 is 0. The van der Waals surface area contributed by atoms with Gasteiger partial charge in [-0.15, -0.1) is 0 Å². The Morgan fingerprint density at radius 3 is 2.41 bits per heavy atom. The fourth-order valence-corrected chi connectivity index (χ4v) is 8.45. The number of hydrogen-bond acceptors (Lipinski definition) is 4. The van der Waals surface area contributed by atoms with Crippen LogP contribution >= 0.6 is 0 Å². The first-order valence-electron chi connectivity index (χ1n) is 11.3. The van der Waals surface area contributed by atoms with Crippen molar-refractivity contribution in [3.63, 3.8) is 0 Å². The van der Waals surface area contributed by atoms with Crippen LogP contribution in [0.15, 0.2) is 0 Å². The maximum atomic E-state index is 11.4. The summed E-state index contributed by atoms with van der Waals surface area (Å²) in [5.74, 6) is 2.71. The molecule has 4 aliphatic carbocycles. The lowest BCUT2D eigenvalue weighted by molar-refractivity contribution is -0.248. The smallest absolute Gasteiger partial charge is 0.302 e. The number of esters is 1. The normalized spacial score (nSPS) is 50.7. The predicted octanol–water partition coefficient (Wildman–Crippen LogP) is 4.70. The molecule has 0 aromatic heterocycles. The molecule has 4 nitrogen and oxygen atoms in total. The Bertz CT molecular complexity index is 611. The monoisotopic (exact) mass is 376 g/mol. The summed E-state index contributed by atoms with van der Waals surface area (Å²) < 4.78 is 18.1. The van der Waals surface area contributed by atoms with Crippen LogP contribution in [-0.4, -0.2) is 31.1 Å². The van der Waals surface area contributed by atoms with E-state index in [-0.39, 0.29) is 23.3 Å². The number of carbonyl (C=O) groups is 1. The quantitative estimate of drug-likeness (QED) is 0.622. The summed E-state index contributed by atoms with van der Waals surface area (Å²) in [5.41, 5.74) is 0.622. The second kappa shape index (κ2) is 6.19. The highest BCUT2D eigenvalue weighted by Crippen LogP contribution is 2.69. The fourth-order valence-electron chi connectivity index (χ4n) is 8.45. The molecule has 1 spiro atoms. The van der Waals surface area contributed by atoms with Crippen LogP contribution in [0.2, 0.25) is 0 Å².